The Labute approximate surface area is 192 Å². The standard InChI is InChI=1S/C20H30N6OS3/c1-13-16(12-29-18-7-8-22-10-17(18)21)19(25-20(23-13)28-4)24-15-6-5-14(9-15)11-27-30-26(2)3/h7-8,10,14-15H,5-6,9,11-12,21H2,1-4H3,(H,23,24,25). The van der Waals surface area contributed by atoms with Crippen molar-refractivity contribution in [3.05, 3.63) is 29.7 Å². The maximum atomic E-state index is 6.06. The lowest BCUT2D eigenvalue weighted by Gasteiger charge is -2.19. The fraction of sp³-hybridized carbons (Fsp3) is 0.550. The van der Waals surface area contributed by atoms with Crippen LogP contribution in [0.5, 0.6) is 0 Å². The van der Waals surface area contributed by atoms with Crippen LogP contribution in [-0.4, -0.2) is 52.3 Å². The summed E-state index contributed by atoms with van der Waals surface area (Å²) in [4.78, 5) is 14.6. The van der Waals surface area contributed by atoms with Crippen molar-refractivity contribution >= 4 is 47.3 Å². The first-order valence-electron chi connectivity index (χ1n) is 9.93. The topological polar surface area (TPSA) is 89.2 Å². The third-order valence-electron chi connectivity index (χ3n) is 4.95. The summed E-state index contributed by atoms with van der Waals surface area (Å²) in [5, 5.41) is 4.51. The van der Waals surface area contributed by atoms with Gasteiger partial charge in [-0.3, -0.25) is 4.98 Å². The van der Waals surface area contributed by atoms with Crippen molar-refractivity contribution in [3.63, 3.8) is 0 Å². The van der Waals surface area contributed by atoms with E-state index in [4.69, 9.17) is 14.9 Å². The number of anilines is 2. The quantitative estimate of drug-likeness (QED) is 0.226. The van der Waals surface area contributed by atoms with Crippen LogP contribution in [-0.2, 0) is 9.94 Å². The van der Waals surface area contributed by atoms with Crippen LogP contribution >= 0.6 is 35.8 Å². The summed E-state index contributed by atoms with van der Waals surface area (Å²) >= 11 is 4.68. The Hall–Kier alpha value is -1.20. The third kappa shape index (κ3) is 6.65. The highest BCUT2D eigenvalue weighted by Crippen LogP contribution is 2.34. The van der Waals surface area contributed by atoms with E-state index in [9.17, 15) is 0 Å². The molecule has 1 aliphatic carbocycles. The van der Waals surface area contributed by atoms with Crippen molar-refractivity contribution in [2.45, 2.75) is 48.0 Å². The summed E-state index contributed by atoms with van der Waals surface area (Å²) in [6, 6.07) is 2.36. The number of hydrogen-bond acceptors (Lipinski definition) is 10. The van der Waals surface area contributed by atoms with E-state index >= 15 is 0 Å². The molecule has 0 saturated heterocycles. The third-order valence-corrected chi connectivity index (χ3v) is 7.15. The summed E-state index contributed by atoms with van der Waals surface area (Å²) in [5.41, 5.74) is 8.91. The molecule has 7 nitrogen and oxygen atoms in total. The lowest BCUT2D eigenvalue weighted by molar-refractivity contribution is 0.280. The van der Waals surface area contributed by atoms with Crippen molar-refractivity contribution in [2.24, 2.45) is 5.92 Å². The average molecular weight is 467 g/mol. The maximum absolute atomic E-state index is 6.06. The minimum absolute atomic E-state index is 0.404. The van der Waals surface area contributed by atoms with E-state index in [-0.39, 0.29) is 0 Å². The molecule has 0 spiro atoms. The van der Waals surface area contributed by atoms with Crippen LogP contribution in [0.4, 0.5) is 11.5 Å². The van der Waals surface area contributed by atoms with Gasteiger partial charge in [0.1, 0.15) is 5.82 Å². The van der Waals surface area contributed by atoms with Crippen LogP contribution in [0.2, 0.25) is 0 Å². The summed E-state index contributed by atoms with van der Waals surface area (Å²) in [5.74, 6) is 2.28. The predicted molar refractivity (Wildman–Crippen MR) is 129 cm³/mol. The van der Waals surface area contributed by atoms with Crippen LogP contribution in [0.15, 0.2) is 28.5 Å². The van der Waals surface area contributed by atoms with Crippen LogP contribution in [0.25, 0.3) is 0 Å². The number of nitrogens with zero attached hydrogens (tertiary/aromatic N) is 4. The van der Waals surface area contributed by atoms with Gasteiger partial charge in [-0.15, -0.1) is 11.8 Å². The molecular weight excluding hydrogens is 436 g/mol. The van der Waals surface area contributed by atoms with Crippen molar-refractivity contribution < 1.29 is 4.18 Å². The summed E-state index contributed by atoms with van der Waals surface area (Å²) in [6.07, 6.45) is 8.86. The molecule has 164 valence electrons. The van der Waals surface area contributed by atoms with Crippen LogP contribution in [0.1, 0.15) is 30.5 Å². The first-order chi connectivity index (χ1) is 14.5. The minimum atomic E-state index is 0.404. The van der Waals surface area contributed by atoms with Gasteiger partial charge < -0.3 is 15.2 Å². The van der Waals surface area contributed by atoms with Gasteiger partial charge in [-0.25, -0.2) is 14.3 Å². The molecule has 1 fully saturated rings. The first kappa shape index (κ1) is 23.5. The van der Waals surface area contributed by atoms with Crippen molar-refractivity contribution in [1.29, 1.82) is 0 Å². The van der Waals surface area contributed by atoms with Crippen LogP contribution in [0.3, 0.4) is 0 Å². The van der Waals surface area contributed by atoms with E-state index in [2.05, 4.69) is 22.2 Å². The minimum Gasteiger partial charge on any atom is -0.397 e. The number of pyridine rings is 1. The lowest BCUT2D eigenvalue weighted by Crippen LogP contribution is -2.19. The molecule has 0 bridgehead atoms. The van der Waals surface area contributed by atoms with Gasteiger partial charge in [-0.1, -0.05) is 11.8 Å². The Bertz CT molecular complexity index is 838. The second kappa shape index (κ2) is 11.4. The number of nitrogens with one attached hydrogen (secondary N) is 1. The summed E-state index contributed by atoms with van der Waals surface area (Å²) in [7, 11) is 3.98. The highest BCUT2D eigenvalue weighted by molar-refractivity contribution is 7.98. The molecule has 2 aromatic rings. The molecule has 3 N–H and O–H groups in total. The molecule has 2 unspecified atom stereocenters. The molecule has 2 aromatic heterocycles. The first-order valence-corrected chi connectivity index (χ1v) is 12.8. The number of thioether (sulfide) groups is 2. The summed E-state index contributed by atoms with van der Waals surface area (Å²) in [6.45, 7) is 2.84. The lowest BCUT2D eigenvalue weighted by atomic mass is 10.1. The predicted octanol–water partition coefficient (Wildman–Crippen LogP) is 4.50. The van der Waals surface area contributed by atoms with E-state index in [0.717, 1.165) is 52.3 Å². The van der Waals surface area contributed by atoms with Gasteiger partial charge in [-0.05, 0) is 58.5 Å². The highest BCUT2D eigenvalue weighted by atomic mass is 32.2. The second-order valence-corrected chi connectivity index (χ2v) is 10.4. The number of hydrogen-bond donors (Lipinski definition) is 2. The molecule has 0 radical (unpaired) electrons. The van der Waals surface area contributed by atoms with Crippen molar-refractivity contribution in [2.75, 3.05) is 38.0 Å². The molecule has 10 heteroatoms. The Morgan fingerprint density at radius 1 is 1.30 bits per heavy atom. The Balaban J connectivity index is 1.67. The molecule has 0 aliphatic heterocycles. The van der Waals surface area contributed by atoms with Crippen molar-refractivity contribution in [1.82, 2.24) is 19.3 Å². The van der Waals surface area contributed by atoms with Gasteiger partial charge >= 0.3 is 0 Å². The fourth-order valence-electron chi connectivity index (χ4n) is 3.41. The maximum Gasteiger partial charge on any atom is 0.189 e. The fourth-order valence-corrected chi connectivity index (χ4v) is 5.31. The molecule has 1 aliphatic rings. The molecule has 2 heterocycles. The van der Waals surface area contributed by atoms with E-state index in [1.807, 2.05) is 30.7 Å². The molecule has 0 aromatic carbocycles. The van der Waals surface area contributed by atoms with Gasteiger partial charge in [0.2, 0.25) is 0 Å². The SMILES string of the molecule is CSc1nc(C)c(CSc2ccncc2N)c(NC2CCC(COSN(C)C)C2)n1. The molecule has 3 rings (SSSR count). The average Bonchev–Trinajstić information content (AvgIpc) is 3.15. The van der Waals surface area contributed by atoms with Gasteiger partial charge in [0.05, 0.1) is 30.7 Å². The number of aryl methyl sites for hydroxylation is 1. The number of nitrogen functional groups attached to an aromatic ring is 1. The van der Waals surface area contributed by atoms with Gasteiger partial charge in [0, 0.05) is 34.1 Å². The second-order valence-electron chi connectivity index (χ2n) is 7.52. The molecule has 0 amide bonds. The van der Waals surface area contributed by atoms with Gasteiger partial charge in [0.25, 0.3) is 0 Å². The zero-order chi connectivity index (χ0) is 21.5. The number of aromatic nitrogens is 3. The molecule has 2 atom stereocenters. The van der Waals surface area contributed by atoms with Gasteiger partial charge in [-0.2, -0.15) is 0 Å². The monoisotopic (exact) mass is 466 g/mol. The van der Waals surface area contributed by atoms with E-state index < -0.39 is 0 Å². The zero-order valence-corrected chi connectivity index (χ0v) is 20.4. The summed E-state index contributed by atoms with van der Waals surface area (Å²) < 4.78 is 7.69. The Morgan fingerprint density at radius 3 is 2.87 bits per heavy atom. The number of nitrogens with two attached hydrogens (primary N) is 1. The van der Waals surface area contributed by atoms with Crippen molar-refractivity contribution in [3.8, 4) is 0 Å². The van der Waals surface area contributed by atoms with Crippen LogP contribution in [0, 0.1) is 12.8 Å². The van der Waals surface area contributed by atoms with Gasteiger partial charge in [0.15, 0.2) is 5.16 Å². The Kier molecular flexibility index (Phi) is 8.94. The van der Waals surface area contributed by atoms with E-state index in [1.54, 1.807) is 35.9 Å². The largest absolute Gasteiger partial charge is 0.397 e. The van der Waals surface area contributed by atoms with E-state index in [1.165, 1.54) is 18.6 Å². The Morgan fingerprint density at radius 2 is 2.13 bits per heavy atom. The molecule has 30 heavy (non-hydrogen) atoms. The normalized spacial score (nSPS) is 18.8. The number of rotatable bonds is 10. The highest BCUT2D eigenvalue weighted by Gasteiger charge is 2.26. The van der Waals surface area contributed by atoms with E-state index in [0.29, 0.717) is 17.6 Å². The molecular formula is C20H30N6OS3. The molecule has 1 saturated carbocycles. The zero-order valence-electron chi connectivity index (χ0n) is 17.9. The smallest absolute Gasteiger partial charge is 0.189 e. The van der Waals surface area contributed by atoms with Crippen LogP contribution < -0.4 is 11.1 Å².